The second-order valence-electron chi connectivity index (χ2n) is 5.28. The van der Waals surface area contributed by atoms with Gasteiger partial charge in [0.1, 0.15) is 0 Å². The minimum absolute atomic E-state index is 0.171. The Kier molecular flexibility index (Phi) is 4.84. The van der Waals surface area contributed by atoms with Crippen molar-refractivity contribution in [1.29, 1.82) is 0 Å². The molecule has 110 valence electrons. The van der Waals surface area contributed by atoms with Crippen molar-refractivity contribution in [2.45, 2.75) is 26.3 Å². The Morgan fingerprint density at radius 1 is 1.30 bits per heavy atom. The molecule has 1 heterocycles. The van der Waals surface area contributed by atoms with Gasteiger partial charge in [-0.25, -0.2) is 0 Å². The molecule has 2 rings (SSSR count). The van der Waals surface area contributed by atoms with Crippen molar-refractivity contribution in [1.82, 2.24) is 4.90 Å². The van der Waals surface area contributed by atoms with Gasteiger partial charge in [0.2, 0.25) is 0 Å². The van der Waals surface area contributed by atoms with Gasteiger partial charge in [-0.2, -0.15) is 0 Å². The zero-order valence-electron chi connectivity index (χ0n) is 12.3. The number of amidine groups is 1. The number of benzene rings is 1. The van der Waals surface area contributed by atoms with Crippen LogP contribution < -0.4 is 10.6 Å². The molecule has 1 unspecified atom stereocenters. The third kappa shape index (κ3) is 3.04. The molecular formula is C15H24N4O. The summed E-state index contributed by atoms with van der Waals surface area (Å²) in [4.78, 5) is 4.83. The highest BCUT2D eigenvalue weighted by Gasteiger charge is 2.22. The van der Waals surface area contributed by atoms with Crippen LogP contribution >= 0.6 is 0 Å². The summed E-state index contributed by atoms with van der Waals surface area (Å²) in [6.07, 6.45) is 1.18. The van der Waals surface area contributed by atoms with Gasteiger partial charge in [-0.05, 0) is 25.5 Å². The fraction of sp³-hybridized carbons (Fsp3) is 0.533. The lowest BCUT2D eigenvalue weighted by Gasteiger charge is -2.39. The molecule has 0 amide bonds. The van der Waals surface area contributed by atoms with Crippen molar-refractivity contribution in [3.63, 3.8) is 0 Å². The fourth-order valence-electron chi connectivity index (χ4n) is 2.68. The first-order chi connectivity index (χ1) is 9.67. The topological polar surface area (TPSA) is 65.1 Å². The fourth-order valence-corrected chi connectivity index (χ4v) is 2.68. The molecule has 1 aliphatic heterocycles. The largest absolute Gasteiger partial charge is 0.409 e. The number of oxime groups is 1. The molecule has 1 atom stereocenters. The molecule has 5 heteroatoms. The molecule has 0 spiro atoms. The summed E-state index contributed by atoms with van der Waals surface area (Å²) < 4.78 is 0. The van der Waals surface area contributed by atoms with Gasteiger partial charge in [-0.1, -0.05) is 24.2 Å². The molecule has 1 fully saturated rings. The van der Waals surface area contributed by atoms with Crippen LogP contribution in [0.25, 0.3) is 0 Å². The Bertz CT molecular complexity index is 467. The second-order valence-corrected chi connectivity index (χ2v) is 5.28. The normalized spacial score (nSPS) is 19.1. The van der Waals surface area contributed by atoms with E-state index in [0.29, 0.717) is 6.04 Å². The number of hydrogen-bond donors (Lipinski definition) is 2. The van der Waals surface area contributed by atoms with Crippen molar-refractivity contribution >= 4 is 11.5 Å². The maximum absolute atomic E-state index is 8.89. The van der Waals surface area contributed by atoms with Crippen LogP contribution in [0.15, 0.2) is 29.4 Å². The van der Waals surface area contributed by atoms with E-state index in [0.717, 1.165) is 37.4 Å². The summed E-state index contributed by atoms with van der Waals surface area (Å²) in [5, 5.41) is 12.0. The summed E-state index contributed by atoms with van der Waals surface area (Å²) in [5.74, 6) is 0.171. The molecule has 0 radical (unpaired) electrons. The standard InChI is InChI=1S/C15H24N4O/c1-3-12(2)18-8-10-19(11-9-18)14-7-5-4-6-13(14)15(16)17-20/h4-7,12,20H,3,8-11H2,1-2H3,(H2,16,17). The van der Waals surface area contributed by atoms with Crippen LogP contribution in [-0.2, 0) is 0 Å². The van der Waals surface area contributed by atoms with Gasteiger partial charge in [-0.3, -0.25) is 4.90 Å². The summed E-state index contributed by atoms with van der Waals surface area (Å²) in [5.41, 5.74) is 7.61. The van der Waals surface area contributed by atoms with Gasteiger partial charge >= 0.3 is 0 Å². The molecule has 1 saturated heterocycles. The predicted octanol–water partition coefficient (Wildman–Crippen LogP) is 1.70. The highest BCUT2D eigenvalue weighted by atomic mass is 16.4. The molecule has 20 heavy (non-hydrogen) atoms. The van der Waals surface area contributed by atoms with Gasteiger partial charge in [0, 0.05) is 43.5 Å². The molecule has 3 N–H and O–H groups in total. The Morgan fingerprint density at radius 3 is 2.55 bits per heavy atom. The number of nitrogens with two attached hydrogens (primary N) is 1. The number of nitrogens with zero attached hydrogens (tertiary/aromatic N) is 3. The van der Waals surface area contributed by atoms with Crippen LogP contribution in [0.4, 0.5) is 5.69 Å². The van der Waals surface area contributed by atoms with Crippen molar-refractivity contribution in [3.8, 4) is 0 Å². The lowest BCUT2D eigenvalue weighted by molar-refractivity contribution is 0.193. The van der Waals surface area contributed by atoms with Crippen LogP contribution in [0.3, 0.4) is 0 Å². The van der Waals surface area contributed by atoms with Gasteiger partial charge < -0.3 is 15.8 Å². The summed E-state index contributed by atoms with van der Waals surface area (Å²) in [6.45, 7) is 8.56. The first-order valence-corrected chi connectivity index (χ1v) is 7.23. The smallest absolute Gasteiger partial charge is 0.172 e. The van der Waals surface area contributed by atoms with E-state index >= 15 is 0 Å². The van der Waals surface area contributed by atoms with Gasteiger partial charge in [0.15, 0.2) is 5.84 Å². The lowest BCUT2D eigenvalue weighted by Crippen LogP contribution is -2.49. The van der Waals surface area contributed by atoms with E-state index < -0.39 is 0 Å². The molecule has 5 nitrogen and oxygen atoms in total. The van der Waals surface area contributed by atoms with E-state index in [1.165, 1.54) is 6.42 Å². The van der Waals surface area contributed by atoms with E-state index in [1.54, 1.807) is 0 Å². The summed E-state index contributed by atoms with van der Waals surface area (Å²) >= 11 is 0. The van der Waals surface area contributed by atoms with Crippen LogP contribution in [0.2, 0.25) is 0 Å². The van der Waals surface area contributed by atoms with Gasteiger partial charge in [0.05, 0.1) is 0 Å². The quantitative estimate of drug-likeness (QED) is 0.380. The van der Waals surface area contributed by atoms with Gasteiger partial charge in [-0.15, -0.1) is 0 Å². The van der Waals surface area contributed by atoms with Crippen molar-refractivity contribution in [3.05, 3.63) is 29.8 Å². The molecule has 1 aromatic rings. The maximum Gasteiger partial charge on any atom is 0.172 e. The Labute approximate surface area is 120 Å². The minimum atomic E-state index is 0.171. The Morgan fingerprint density at radius 2 is 1.95 bits per heavy atom. The molecule has 1 aromatic carbocycles. The second kappa shape index (κ2) is 6.61. The van der Waals surface area contributed by atoms with E-state index in [-0.39, 0.29) is 5.84 Å². The Hall–Kier alpha value is -1.75. The number of hydrogen-bond acceptors (Lipinski definition) is 4. The predicted molar refractivity (Wildman–Crippen MR) is 82.5 cm³/mol. The highest BCUT2D eigenvalue weighted by molar-refractivity contribution is 6.02. The zero-order chi connectivity index (χ0) is 14.5. The van der Waals surface area contributed by atoms with Crippen molar-refractivity contribution < 1.29 is 5.21 Å². The third-order valence-electron chi connectivity index (χ3n) is 4.16. The maximum atomic E-state index is 8.89. The minimum Gasteiger partial charge on any atom is -0.409 e. The van der Waals surface area contributed by atoms with Crippen LogP contribution in [0.1, 0.15) is 25.8 Å². The van der Waals surface area contributed by atoms with Crippen molar-refractivity contribution in [2.24, 2.45) is 10.9 Å². The van der Waals surface area contributed by atoms with E-state index in [2.05, 4.69) is 28.8 Å². The molecule has 0 aliphatic carbocycles. The number of para-hydroxylation sites is 1. The molecule has 0 aromatic heterocycles. The van der Waals surface area contributed by atoms with E-state index in [9.17, 15) is 0 Å². The summed E-state index contributed by atoms with van der Waals surface area (Å²) in [7, 11) is 0. The van der Waals surface area contributed by atoms with Crippen LogP contribution in [0, 0.1) is 0 Å². The number of piperazine rings is 1. The SMILES string of the molecule is CCC(C)N1CCN(c2ccccc2C(N)=NO)CC1. The van der Waals surface area contributed by atoms with E-state index in [1.807, 2.05) is 24.3 Å². The first kappa shape index (κ1) is 14.7. The lowest BCUT2D eigenvalue weighted by atomic mass is 10.1. The number of rotatable bonds is 4. The highest BCUT2D eigenvalue weighted by Crippen LogP contribution is 2.22. The molecule has 1 aliphatic rings. The third-order valence-corrected chi connectivity index (χ3v) is 4.16. The molecule has 0 bridgehead atoms. The molecule has 0 saturated carbocycles. The average molecular weight is 276 g/mol. The van der Waals surface area contributed by atoms with Gasteiger partial charge in [0.25, 0.3) is 0 Å². The Balaban J connectivity index is 2.11. The van der Waals surface area contributed by atoms with Crippen LogP contribution in [0.5, 0.6) is 0 Å². The zero-order valence-corrected chi connectivity index (χ0v) is 12.3. The monoisotopic (exact) mass is 276 g/mol. The van der Waals surface area contributed by atoms with Crippen molar-refractivity contribution in [2.75, 3.05) is 31.1 Å². The average Bonchev–Trinajstić information content (AvgIpc) is 2.53. The van der Waals surface area contributed by atoms with Crippen LogP contribution in [-0.4, -0.2) is 48.2 Å². The molecular weight excluding hydrogens is 252 g/mol. The first-order valence-electron chi connectivity index (χ1n) is 7.23. The summed E-state index contributed by atoms with van der Waals surface area (Å²) in [6, 6.07) is 8.46. The number of anilines is 1. The van der Waals surface area contributed by atoms with E-state index in [4.69, 9.17) is 10.9 Å².